The quantitative estimate of drug-likeness (QED) is 0.798. The minimum Gasteiger partial charge on any atom is -0.497 e. The van der Waals surface area contributed by atoms with E-state index in [0.717, 1.165) is 17.5 Å². The predicted octanol–water partition coefficient (Wildman–Crippen LogP) is 3.32. The molecule has 0 unspecified atom stereocenters. The molecule has 0 aliphatic carbocycles. The monoisotopic (exact) mass is 382 g/mol. The van der Waals surface area contributed by atoms with Crippen LogP contribution in [0.25, 0.3) is 0 Å². The number of ether oxygens (including phenoxy) is 2. The predicted molar refractivity (Wildman–Crippen MR) is 106 cm³/mol. The van der Waals surface area contributed by atoms with E-state index in [1.54, 1.807) is 31.3 Å². The standard InChI is InChI=1S/C22H26N2O4/c1-5-14(2)23-21(25)20-17-8-6-7-9-18(17)22(26)24(20)13-15-10-11-16(27-3)12-19(15)28-4/h6-12,14,20H,5,13H2,1-4H3,(H,23,25)/t14-,20-/m1/s1. The van der Waals surface area contributed by atoms with E-state index >= 15 is 0 Å². The molecular weight excluding hydrogens is 356 g/mol. The Morgan fingerprint density at radius 3 is 2.61 bits per heavy atom. The summed E-state index contributed by atoms with van der Waals surface area (Å²) in [6.45, 7) is 4.23. The average molecular weight is 382 g/mol. The van der Waals surface area contributed by atoms with Crippen LogP contribution in [-0.2, 0) is 11.3 Å². The SMILES string of the molecule is CC[C@@H](C)NC(=O)[C@H]1c2ccccc2C(=O)N1Cc1ccc(OC)cc1OC. The first-order valence-corrected chi connectivity index (χ1v) is 9.41. The second-order valence-electron chi connectivity index (χ2n) is 6.92. The molecule has 1 N–H and O–H groups in total. The van der Waals surface area contributed by atoms with Crippen LogP contribution < -0.4 is 14.8 Å². The Morgan fingerprint density at radius 1 is 1.18 bits per heavy atom. The van der Waals surface area contributed by atoms with Gasteiger partial charge >= 0.3 is 0 Å². The Balaban J connectivity index is 1.96. The summed E-state index contributed by atoms with van der Waals surface area (Å²) in [7, 11) is 3.16. The molecule has 2 aromatic carbocycles. The molecule has 28 heavy (non-hydrogen) atoms. The highest BCUT2D eigenvalue weighted by Gasteiger charge is 2.41. The van der Waals surface area contributed by atoms with Gasteiger partial charge in [0.15, 0.2) is 0 Å². The first-order chi connectivity index (χ1) is 13.5. The fraction of sp³-hybridized carbons (Fsp3) is 0.364. The molecule has 0 spiro atoms. The van der Waals surface area contributed by atoms with Crippen molar-refractivity contribution >= 4 is 11.8 Å². The van der Waals surface area contributed by atoms with Gasteiger partial charge in [0.05, 0.1) is 20.8 Å². The molecule has 0 aromatic heterocycles. The van der Waals surface area contributed by atoms with E-state index < -0.39 is 6.04 Å². The summed E-state index contributed by atoms with van der Waals surface area (Å²) in [5, 5.41) is 3.01. The first kappa shape index (κ1) is 19.7. The molecule has 6 nitrogen and oxygen atoms in total. The van der Waals surface area contributed by atoms with Crippen LogP contribution in [0.5, 0.6) is 11.5 Å². The van der Waals surface area contributed by atoms with Gasteiger partial charge in [-0.25, -0.2) is 0 Å². The van der Waals surface area contributed by atoms with Crippen molar-refractivity contribution in [1.82, 2.24) is 10.2 Å². The van der Waals surface area contributed by atoms with Crippen LogP contribution in [-0.4, -0.2) is 37.0 Å². The van der Waals surface area contributed by atoms with Crippen molar-refractivity contribution in [2.45, 2.75) is 38.9 Å². The van der Waals surface area contributed by atoms with E-state index in [-0.39, 0.29) is 24.4 Å². The van der Waals surface area contributed by atoms with E-state index in [9.17, 15) is 9.59 Å². The Bertz CT molecular complexity index is 881. The zero-order valence-corrected chi connectivity index (χ0v) is 16.7. The Morgan fingerprint density at radius 2 is 1.93 bits per heavy atom. The number of amides is 2. The average Bonchev–Trinajstić information content (AvgIpc) is 3.00. The van der Waals surface area contributed by atoms with Gasteiger partial charge in [0, 0.05) is 23.2 Å². The second kappa shape index (κ2) is 8.33. The molecule has 2 atom stereocenters. The molecule has 1 aliphatic heterocycles. The molecule has 148 valence electrons. The molecule has 0 radical (unpaired) electrons. The number of methoxy groups -OCH3 is 2. The van der Waals surface area contributed by atoms with Gasteiger partial charge in [-0.1, -0.05) is 25.1 Å². The first-order valence-electron chi connectivity index (χ1n) is 9.41. The summed E-state index contributed by atoms with van der Waals surface area (Å²) in [6, 6.07) is 12.1. The Hall–Kier alpha value is -3.02. The third-order valence-corrected chi connectivity index (χ3v) is 5.14. The van der Waals surface area contributed by atoms with Gasteiger partial charge in [-0.05, 0) is 37.1 Å². The highest BCUT2D eigenvalue weighted by Crippen LogP contribution is 2.37. The fourth-order valence-electron chi connectivity index (χ4n) is 3.41. The molecule has 1 aliphatic rings. The maximum Gasteiger partial charge on any atom is 0.255 e. The number of hydrogen-bond acceptors (Lipinski definition) is 4. The molecule has 0 saturated carbocycles. The van der Waals surface area contributed by atoms with Crippen molar-refractivity contribution in [3.05, 3.63) is 59.2 Å². The van der Waals surface area contributed by atoms with Gasteiger partial charge in [-0.15, -0.1) is 0 Å². The number of fused-ring (bicyclic) bond motifs is 1. The van der Waals surface area contributed by atoms with Gasteiger partial charge in [-0.2, -0.15) is 0 Å². The molecule has 3 rings (SSSR count). The smallest absolute Gasteiger partial charge is 0.255 e. The third-order valence-electron chi connectivity index (χ3n) is 5.14. The molecule has 0 fully saturated rings. The highest BCUT2D eigenvalue weighted by atomic mass is 16.5. The zero-order valence-electron chi connectivity index (χ0n) is 16.7. The van der Waals surface area contributed by atoms with Crippen LogP contribution in [0.1, 0.15) is 47.8 Å². The van der Waals surface area contributed by atoms with Crippen molar-refractivity contribution in [2.24, 2.45) is 0 Å². The van der Waals surface area contributed by atoms with E-state index in [1.165, 1.54) is 0 Å². The maximum absolute atomic E-state index is 13.1. The van der Waals surface area contributed by atoms with Crippen LogP contribution in [0.15, 0.2) is 42.5 Å². The van der Waals surface area contributed by atoms with Crippen LogP contribution >= 0.6 is 0 Å². The summed E-state index contributed by atoms with van der Waals surface area (Å²) >= 11 is 0. The lowest BCUT2D eigenvalue weighted by Gasteiger charge is -2.26. The topological polar surface area (TPSA) is 67.9 Å². The maximum atomic E-state index is 13.1. The molecule has 2 aromatic rings. The van der Waals surface area contributed by atoms with E-state index in [2.05, 4.69) is 5.32 Å². The molecule has 0 saturated heterocycles. The van der Waals surface area contributed by atoms with Gasteiger partial charge in [0.1, 0.15) is 17.5 Å². The van der Waals surface area contributed by atoms with Crippen molar-refractivity contribution in [1.29, 1.82) is 0 Å². The van der Waals surface area contributed by atoms with Gasteiger partial charge in [0.2, 0.25) is 5.91 Å². The summed E-state index contributed by atoms with van der Waals surface area (Å²) in [4.78, 5) is 27.7. The number of rotatable bonds is 7. The van der Waals surface area contributed by atoms with Crippen molar-refractivity contribution in [3.8, 4) is 11.5 Å². The second-order valence-corrected chi connectivity index (χ2v) is 6.92. The number of carbonyl (C=O) groups is 2. The molecule has 1 heterocycles. The minimum atomic E-state index is -0.662. The van der Waals surface area contributed by atoms with E-state index in [1.807, 2.05) is 44.2 Å². The number of benzene rings is 2. The Kier molecular flexibility index (Phi) is 5.87. The highest BCUT2D eigenvalue weighted by molar-refractivity contribution is 6.04. The summed E-state index contributed by atoms with van der Waals surface area (Å²) in [5.41, 5.74) is 2.12. The number of nitrogens with one attached hydrogen (secondary N) is 1. The number of nitrogens with zero attached hydrogens (tertiary/aromatic N) is 1. The van der Waals surface area contributed by atoms with Crippen LogP contribution in [0.2, 0.25) is 0 Å². The lowest BCUT2D eigenvalue weighted by molar-refractivity contribution is -0.126. The largest absolute Gasteiger partial charge is 0.497 e. The molecule has 2 amide bonds. The van der Waals surface area contributed by atoms with Crippen molar-refractivity contribution in [3.63, 3.8) is 0 Å². The normalized spacial score (nSPS) is 16.5. The van der Waals surface area contributed by atoms with E-state index in [4.69, 9.17) is 9.47 Å². The molecular formula is C22H26N2O4. The lowest BCUT2D eigenvalue weighted by atomic mass is 10.0. The van der Waals surface area contributed by atoms with Crippen molar-refractivity contribution < 1.29 is 19.1 Å². The lowest BCUT2D eigenvalue weighted by Crippen LogP contribution is -2.42. The third kappa shape index (κ3) is 3.67. The number of hydrogen-bond donors (Lipinski definition) is 1. The summed E-state index contributed by atoms with van der Waals surface area (Å²) in [6.07, 6.45) is 0.820. The number of carbonyl (C=O) groups excluding carboxylic acids is 2. The summed E-state index contributed by atoms with van der Waals surface area (Å²) in [5.74, 6) is 0.963. The fourth-order valence-corrected chi connectivity index (χ4v) is 3.41. The van der Waals surface area contributed by atoms with Gasteiger partial charge in [-0.3, -0.25) is 9.59 Å². The molecule has 0 bridgehead atoms. The minimum absolute atomic E-state index is 0.0349. The van der Waals surface area contributed by atoms with Crippen LogP contribution in [0.3, 0.4) is 0 Å². The van der Waals surface area contributed by atoms with Crippen LogP contribution in [0.4, 0.5) is 0 Å². The van der Waals surface area contributed by atoms with Gasteiger partial charge in [0.25, 0.3) is 5.91 Å². The van der Waals surface area contributed by atoms with Gasteiger partial charge < -0.3 is 19.7 Å². The van der Waals surface area contributed by atoms with Crippen molar-refractivity contribution in [2.75, 3.05) is 14.2 Å². The molecule has 6 heteroatoms. The van der Waals surface area contributed by atoms with Crippen LogP contribution in [0, 0.1) is 0 Å². The summed E-state index contributed by atoms with van der Waals surface area (Å²) < 4.78 is 10.7. The van der Waals surface area contributed by atoms with E-state index in [0.29, 0.717) is 17.1 Å². The zero-order chi connectivity index (χ0) is 20.3. The Labute approximate surface area is 165 Å².